The van der Waals surface area contributed by atoms with Crippen LogP contribution in [0.2, 0.25) is 0 Å². The van der Waals surface area contributed by atoms with Crippen LogP contribution in [0.15, 0.2) is 48.5 Å². The van der Waals surface area contributed by atoms with Gasteiger partial charge in [0.1, 0.15) is 30.4 Å². The molecule has 0 saturated carbocycles. The van der Waals surface area contributed by atoms with Gasteiger partial charge in [0, 0.05) is 18.1 Å². The predicted molar refractivity (Wildman–Crippen MR) is 115 cm³/mol. The Labute approximate surface area is 179 Å². The van der Waals surface area contributed by atoms with E-state index in [1.165, 1.54) is 21.6 Å². The lowest BCUT2D eigenvalue weighted by molar-refractivity contribution is -0.120. The summed E-state index contributed by atoms with van der Waals surface area (Å²) in [6.07, 6.45) is -0.619. The molecule has 31 heavy (non-hydrogen) atoms. The summed E-state index contributed by atoms with van der Waals surface area (Å²) >= 11 is 0. The SMILES string of the molecule is CN(C(=O)CO)c1ccc(OCc2cc3ccc(F)cc3n2C(=O)OC(C)(C)C)cc1. The van der Waals surface area contributed by atoms with Gasteiger partial charge in [-0.15, -0.1) is 0 Å². The number of amides is 1. The molecule has 7 nitrogen and oxygen atoms in total. The fourth-order valence-corrected chi connectivity index (χ4v) is 3.03. The molecule has 3 aromatic rings. The molecule has 0 saturated heterocycles. The molecule has 0 spiro atoms. The highest BCUT2D eigenvalue weighted by molar-refractivity contribution is 5.93. The molecule has 0 aliphatic heterocycles. The first kappa shape index (κ1) is 22.3. The minimum absolute atomic E-state index is 0.0420. The third-order valence-electron chi connectivity index (χ3n) is 4.54. The Hall–Kier alpha value is -3.39. The number of hydrogen-bond donors (Lipinski definition) is 1. The molecule has 1 aromatic heterocycles. The second-order valence-corrected chi connectivity index (χ2v) is 8.05. The molecule has 2 aromatic carbocycles. The molecule has 3 rings (SSSR count). The molecule has 0 bridgehead atoms. The van der Waals surface area contributed by atoms with Crippen LogP contribution in [-0.4, -0.2) is 40.9 Å². The van der Waals surface area contributed by atoms with Crippen LogP contribution in [0.5, 0.6) is 5.75 Å². The van der Waals surface area contributed by atoms with E-state index in [0.29, 0.717) is 28.0 Å². The lowest BCUT2D eigenvalue weighted by Crippen LogP contribution is -2.28. The summed E-state index contributed by atoms with van der Waals surface area (Å²) in [6, 6.07) is 12.7. The van der Waals surface area contributed by atoms with Crippen molar-refractivity contribution < 1.29 is 28.6 Å². The number of hydrogen-bond acceptors (Lipinski definition) is 5. The lowest BCUT2D eigenvalue weighted by Gasteiger charge is -2.21. The second kappa shape index (κ2) is 8.77. The van der Waals surface area contributed by atoms with E-state index in [1.54, 1.807) is 64.2 Å². The number of ether oxygens (including phenoxy) is 2. The largest absolute Gasteiger partial charge is 0.487 e. The van der Waals surface area contributed by atoms with Gasteiger partial charge in [-0.3, -0.25) is 4.79 Å². The number of benzene rings is 2. The van der Waals surface area contributed by atoms with E-state index >= 15 is 0 Å². The molecular formula is C23H25FN2O5. The average Bonchev–Trinajstić information content (AvgIpc) is 3.07. The minimum Gasteiger partial charge on any atom is -0.487 e. The Bertz CT molecular complexity index is 1100. The lowest BCUT2D eigenvalue weighted by atomic mass is 10.2. The summed E-state index contributed by atoms with van der Waals surface area (Å²) in [5, 5.41) is 9.66. The van der Waals surface area contributed by atoms with Crippen molar-refractivity contribution in [2.75, 3.05) is 18.6 Å². The monoisotopic (exact) mass is 428 g/mol. The van der Waals surface area contributed by atoms with E-state index in [4.69, 9.17) is 14.6 Å². The zero-order valence-electron chi connectivity index (χ0n) is 17.9. The molecule has 0 unspecified atom stereocenters. The quantitative estimate of drug-likeness (QED) is 0.662. The highest BCUT2D eigenvalue weighted by Crippen LogP contribution is 2.25. The first-order valence-corrected chi connectivity index (χ1v) is 9.72. The zero-order chi connectivity index (χ0) is 22.8. The van der Waals surface area contributed by atoms with E-state index in [0.717, 1.165) is 0 Å². The van der Waals surface area contributed by atoms with Gasteiger partial charge in [-0.25, -0.2) is 13.8 Å². The van der Waals surface area contributed by atoms with Crippen LogP contribution in [0.1, 0.15) is 26.5 Å². The van der Waals surface area contributed by atoms with E-state index in [1.807, 2.05) is 0 Å². The number of carbonyl (C=O) groups excluding carboxylic acids is 2. The number of fused-ring (bicyclic) bond motifs is 1. The summed E-state index contributed by atoms with van der Waals surface area (Å²) in [5.41, 5.74) is 0.788. The number of carbonyl (C=O) groups is 2. The minimum atomic E-state index is -0.715. The van der Waals surface area contributed by atoms with E-state index in [9.17, 15) is 14.0 Å². The van der Waals surface area contributed by atoms with Crippen molar-refractivity contribution in [3.8, 4) is 5.75 Å². The number of aliphatic hydroxyl groups excluding tert-OH is 1. The zero-order valence-corrected chi connectivity index (χ0v) is 17.9. The Morgan fingerprint density at radius 3 is 2.39 bits per heavy atom. The molecule has 8 heteroatoms. The van der Waals surface area contributed by atoms with Crippen LogP contribution in [0, 0.1) is 5.82 Å². The topological polar surface area (TPSA) is 81.0 Å². The van der Waals surface area contributed by atoms with Crippen molar-refractivity contribution in [2.45, 2.75) is 33.0 Å². The van der Waals surface area contributed by atoms with Gasteiger partial charge < -0.3 is 19.5 Å². The molecule has 0 atom stereocenters. The number of anilines is 1. The molecule has 164 valence electrons. The molecule has 0 radical (unpaired) electrons. The van der Waals surface area contributed by atoms with Crippen LogP contribution in [-0.2, 0) is 16.1 Å². The fourth-order valence-electron chi connectivity index (χ4n) is 3.03. The molecule has 0 fully saturated rings. The van der Waals surface area contributed by atoms with Crippen molar-refractivity contribution >= 4 is 28.6 Å². The van der Waals surface area contributed by atoms with Crippen LogP contribution < -0.4 is 9.64 Å². The number of aliphatic hydroxyl groups is 1. The van der Waals surface area contributed by atoms with Crippen molar-refractivity contribution in [3.05, 3.63) is 60.0 Å². The maximum atomic E-state index is 13.8. The Morgan fingerprint density at radius 1 is 1.10 bits per heavy atom. The van der Waals surface area contributed by atoms with Crippen LogP contribution >= 0.6 is 0 Å². The molecule has 1 heterocycles. The third-order valence-corrected chi connectivity index (χ3v) is 4.54. The number of rotatable bonds is 5. The molecule has 1 amide bonds. The highest BCUT2D eigenvalue weighted by atomic mass is 19.1. The summed E-state index contributed by atoms with van der Waals surface area (Å²) in [5.74, 6) is -0.372. The first-order valence-electron chi connectivity index (χ1n) is 9.72. The van der Waals surface area contributed by atoms with Crippen molar-refractivity contribution in [1.82, 2.24) is 4.57 Å². The molecule has 1 N–H and O–H groups in total. The number of nitrogens with zero attached hydrogens (tertiary/aromatic N) is 2. The normalized spacial score (nSPS) is 11.4. The van der Waals surface area contributed by atoms with Gasteiger partial charge in [-0.2, -0.15) is 0 Å². The van der Waals surface area contributed by atoms with Crippen molar-refractivity contribution in [2.24, 2.45) is 0 Å². The summed E-state index contributed by atoms with van der Waals surface area (Å²) in [4.78, 5) is 25.7. The van der Waals surface area contributed by atoms with Gasteiger partial charge in [-0.1, -0.05) is 0 Å². The maximum Gasteiger partial charge on any atom is 0.419 e. The van der Waals surface area contributed by atoms with Crippen molar-refractivity contribution in [1.29, 1.82) is 0 Å². The summed E-state index contributed by atoms with van der Waals surface area (Å²) < 4.78 is 26.4. The smallest absolute Gasteiger partial charge is 0.419 e. The van der Waals surface area contributed by atoms with Gasteiger partial charge in [0.2, 0.25) is 0 Å². The second-order valence-electron chi connectivity index (χ2n) is 8.05. The van der Waals surface area contributed by atoms with Crippen LogP contribution in [0.25, 0.3) is 10.9 Å². The standard InChI is InChI=1S/C23H25FN2O5/c1-23(2,3)31-22(29)26-18(11-15-5-6-16(24)12-20(15)26)14-30-19-9-7-17(8-10-19)25(4)21(28)13-27/h5-12,27H,13-14H2,1-4H3. The highest BCUT2D eigenvalue weighted by Gasteiger charge is 2.22. The first-order chi connectivity index (χ1) is 14.6. The Morgan fingerprint density at radius 2 is 1.77 bits per heavy atom. The number of halogens is 1. The number of aromatic nitrogens is 1. The summed E-state index contributed by atoms with van der Waals surface area (Å²) in [6.45, 7) is 4.74. The predicted octanol–water partition coefficient (Wildman–Crippen LogP) is 4.10. The number of likely N-dealkylation sites (N-methyl/N-ethyl adjacent to an activating group) is 1. The average molecular weight is 428 g/mol. The summed E-state index contributed by atoms with van der Waals surface area (Å²) in [7, 11) is 1.56. The fraction of sp³-hybridized carbons (Fsp3) is 0.304. The molecular weight excluding hydrogens is 403 g/mol. The van der Waals surface area contributed by atoms with Crippen molar-refractivity contribution in [3.63, 3.8) is 0 Å². The van der Waals surface area contributed by atoms with E-state index in [-0.39, 0.29) is 6.61 Å². The van der Waals surface area contributed by atoms with Gasteiger partial charge in [0.25, 0.3) is 5.91 Å². The van der Waals surface area contributed by atoms with E-state index < -0.39 is 30.0 Å². The van der Waals surface area contributed by atoms with Gasteiger partial charge in [0.15, 0.2) is 0 Å². The van der Waals surface area contributed by atoms with Gasteiger partial charge in [0.05, 0.1) is 11.2 Å². The third kappa shape index (κ3) is 5.21. The van der Waals surface area contributed by atoms with Gasteiger partial charge >= 0.3 is 6.09 Å². The molecule has 0 aliphatic rings. The maximum absolute atomic E-state index is 13.8. The van der Waals surface area contributed by atoms with Crippen LogP contribution in [0.4, 0.5) is 14.9 Å². The molecule has 0 aliphatic carbocycles. The van der Waals surface area contributed by atoms with E-state index in [2.05, 4.69) is 0 Å². The Kier molecular flexibility index (Phi) is 6.31. The Balaban J connectivity index is 1.85. The van der Waals surface area contributed by atoms with Gasteiger partial charge in [-0.05, 0) is 69.3 Å². The van der Waals surface area contributed by atoms with Crippen LogP contribution in [0.3, 0.4) is 0 Å².